The molecule has 0 aromatic carbocycles. The Hall–Kier alpha value is -2.63. The zero-order valence-corrected chi connectivity index (χ0v) is 14.8. The fourth-order valence-electron chi connectivity index (χ4n) is 3.08. The van der Waals surface area contributed by atoms with Crippen LogP contribution in [0.2, 0.25) is 0 Å². The van der Waals surface area contributed by atoms with Crippen LogP contribution in [0.15, 0.2) is 42.9 Å². The molecular formula is C19H24N4O2. The topological polar surface area (TPSA) is 58.6 Å². The molecule has 0 N–H and O–H groups in total. The molecule has 6 nitrogen and oxygen atoms in total. The highest BCUT2D eigenvalue weighted by atomic mass is 16.5. The van der Waals surface area contributed by atoms with E-state index in [4.69, 9.17) is 4.74 Å². The first kappa shape index (κ1) is 17.2. The van der Waals surface area contributed by atoms with E-state index in [1.54, 1.807) is 24.5 Å². The van der Waals surface area contributed by atoms with Gasteiger partial charge in [-0.1, -0.05) is 0 Å². The number of anilines is 1. The van der Waals surface area contributed by atoms with E-state index in [9.17, 15) is 4.79 Å². The van der Waals surface area contributed by atoms with Crippen molar-refractivity contribution in [1.82, 2.24) is 14.9 Å². The third kappa shape index (κ3) is 4.47. The Morgan fingerprint density at radius 2 is 2.24 bits per heavy atom. The van der Waals surface area contributed by atoms with Crippen LogP contribution in [0.4, 0.5) is 5.82 Å². The van der Waals surface area contributed by atoms with E-state index in [-0.39, 0.29) is 12.5 Å². The first-order valence-corrected chi connectivity index (χ1v) is 8.57. The van der Waals surface area contributed by atoms with Crippen LogP contribution in [0.25, 0.3) is 0 Å². The average molecular weight is 340 g/mol. The van der Waals surface area contributed by atoms with Crippen LogP contribution < -0.4 is 9.64 Å². The maximum atomic E-state index is 12.5. The lowest BCUT2D eigenvalue weighted by atomic mass is 9.91. The third-order valence-electron chi connectivity index (χ3n) is 4.47. The Morgan fingerprint density at radius 3 is 3.00 bits per heavy atom. The third-order valence-corrected chi connectivity index (χ3v) is 4.47. The zero-order chi connectivity index (χ0) is 17.6. The number of nitrogens with zero attached hydrogens (tertiary/aromatic N) is 4. The molecule has 1 fully saturated rings. The molecule has 1 amide bonds. The first-order valence-electron chi connectivity index (χ1n) is 8.57. The standard InChI is InChI=1S/C19H24N4O2/c1-22(2)18-11-15(7-9-21-18)16-5-4-10-23(13-16)19(24)14-25-17-6-3-8-20-12-17/h3,6-9,11-12,16H,4-5,10,13-14H2,1-2H3/t16-/m1/s1. The van der Waals surface area contributed by atoms with E-state index in [1.807, 2.05) is 30.1 Å². The van der Waals surface area contributed by atoms with Crippen LogP contribution in [0.1, 0.15) is 24.3 Å². The van der Waals surface area contributed by atoms with Crippen LogP contribution in [0.5, 0.6) is 5.75 Å². The highest BCUT2D eigenvalue weighted by molar-refractivity contribution is 5.78. The number of amides is 1. The summed E-state index contributed by atoms with van der Waals surface area (Å²) < 4.78 is 5.54. The van der Waals surface area contributed by atoms with E-state index in [1.165, 1.54) is 5.56 Å². The molecule has 2 aromatic rings. The number of aromatic nitrogens is 2. The minimum absolute atomic E-state index is 0.0236. The molecule has 0 radical (unpaired) electrons. The predicted octanol–water partition coefficient (Wildman–Crippen LogP) is 2.33. The molecule has 0 aliphatic carbocycles. The van der Waals surface area contributed by atoms with Gasteiger partial charge in [0.1, 0.15) is 11.6 Å². The lowest BCUT2D eigenvalue weighted by Crippen LogP contribution is -2.41. The quantitative estimate of drug-likeness (QED) is 0.836. The summed E-state index contributed by atoms with van der Waals surface area (Å²) in [5.41, 5.74) is 1.24. The van der Waals surface area contributed by atoms with Gasteiger partial charge in [0, 0.05) is 45.5 Å². The van der Waals surface area contributed by atoms with Gasteiger partial charge in [-0.2, -0.15) is 0 Å². The lowest BCUT2D eigenvalue weighted by molar-refractivity contribution is -0.134. The van der Waals surface area contributed by atoms with E-state index in [0.29, 0.717) is 11.7 Å². The average Bonchev–Trinajstić information content (AvgIpc) is 2.67. The van der Waals surface area contributed by atoms with Crippen molar-refractivity contribution in [3.63, 3.8) is 0 Å². The number of hydrogen-bond donors (Lipinski definition) is 0. The fraction of sp³-hybridized carbons (Fsp3) is 0.421. The van der Waals surface area contributed by atoms with E-state index in [0.717, 1.165) is 31.7 Å². The highest BCUT2D eigenvalue weighted by Gasteiger charge is 2.25. The van der Waals surface area contributed by atoms with Gasteiger partial charge in [-0.05, 0) is 42.7 Å². The first-order chi connectivity index (χ1) is 12.1. The summed E-state index contributed by atoms with van der Waals surface area (Å²) in [6, 6.07) is 7.77. The Kier molecular flexibility index (Phi) is 5.48. The number of pyridine rings is 2. The molecule has 0 bridgehead atoms. The van der Waals surface area contributed by atoms with Crippen LogP contribution in [0, 0.1) is 0 Å². The van der Waals surface area contributed by atoms with Crippen molar-refractivity contribution >= 4 is 11.7 Å². The Morgan fingerprint density at radius 1 is 1.36 bits per heavy atom. The molecule has 132 valence electrons. The minimum atomic E-state index is 0.0236. The number of carbonyl (C=O) groups is 1. The summed E-state index contributed by atoms with van der Waals surface area (Å²) in [5.74, 6) is 1.93. The largest absolute Gasteiger partial charge is 0.482 e. The summed E-state index contributed by atoms with van der Waals surface area (Å²) in [4.78, 5) is 24.7. The zero-order valence-electron chi connectivity index (χ0n) is 14.8. The molecule has 0 unspecified atom stereocenters. The van der Waals surface area contributed by atoms with Gasteiger partial charge >= 0.3 is 0 Å². The summed E-state index contributed by atoms with van der Waals surface area (Å²) >= 11 is 0. The van der Waals surface area contributed by atoms with Crippen LogP contribution in [0.3, 0.4) is 0 Å². The van der Waals surface area contributed by atoms with E-state index >= 15 is 0 Å². The number of hydrogen-bond acceptors (Lipinski definition) is 5. The second kappa shape index (κ2) is 7.96. The van der Waals surface area contributed by atoms with E-state index < -0.39 is 0 Å². The smallest absolute Gasteiger partial charge is 0.260 e. The Labute approximate surface area is 148 Å². The van der Waals surface area contributed by atoms with Gasteiger partial charge < -0.3 is 14.5 Å². The number of likely N-dealkylation sites (tertiary alicyclic amines) is 1. The molecule has 1 aliphatic rings. The second-order valence-corrected chi connectivity index (χ2v) is 6.50. The molecule has 2 aromatic heterocycles. The molecule has 0 saturated carbocycles. The van der Waals surface area contributed by atoms with Crippen molar-refractivity contribution in [2.24, 2.45) is 0 Å². The number of piperidine rings is 1. The van der Waals surface area contributed by atoms with Gasteiger partial charge in [0.15, 0.2) is 6.61 Å². The molecule has 0 spiro atoms. The van der Waals surface area contributed by atoms with Gasteiger partial charge in [-0.3, -0.25) is 9.78 Å². The number of ether oxygens (including phenoxy) is 1. The van der Waals surface area contributed by atoms with Gasteiger partial charge in [-0.25, -0.2) is 4.98 Å². The number of carbonyl (C=O) groups excluding carboxylic acids is 1. The summed E-state index contributed by atoms with van der Waals surface area (Å²) in [5, 5.41) is 0. The van der Waals surface area contributed by atoms with Crippen molar-refractivity contribution in [3.8, 4) is 5.75 Å². The van der Waals surface area contributed by atoms with Crippen LogP contribution >= 0.6 is 0 Å². The molecule has 1 saturated heterocycles. The van der Waals surface area contributed by atoms with Crippen LogP contribution in [-0.4, -0.2) is 54.6 Å². The van der Waals surface area contributed by atoms with Crippen molar-refractivity contribution in [3.05, 3.63) is 48.4 Å². The predicted molar refractivity (Wildman–Crippen MR) is 96.9 cm³/mol. The molecule has 6 heteroatoms. The molecule has 3 heterocycles. The molecule has 25 heavy (non-hydrogen) atoms. The molecular weight excluding hydrogens is 316 g/mol. The Balaban J connectivity index is 1.60. The monoisotopic (exact) mass is 340 g/mol. The molecule has 3 rings (SSSR count). The maximum Gasteiger partial charge on any atom is 0.260 e. The van der Waals surface area contributed by atoms with Crippen molar-refractivity contribution in [2.75, 3.05) is 38.7 Å². The van der Waals surface area contributed by atoms with Gasteiger partial charge in [-0.15, -0.1) is 0 Å². The molecule has 1 aliphatic heterocycles. The van der Waals surface area contributed by atoms with Gasteiger partial charge in [0.2, 0.25) is 0 Å². The fourth-order valence-corrected chi connectivity index (χ4v) is 3.08. The lowest BCUT2D eigenvalue weighted by Gasteiger charge is -2.33. The summed E-state index contributed by atoms with van der Waals surface area (Å²) in [7, 11) is 3.97. The summed E-state index contributed by atoms with van der Waals surface area (Å²) in [6.45, 7) is 1.57. The van der Waals surface area contributed by atoms with E-state index in [2.05, 4.69) is 22.1 Å². The summed E-state index contributed by atoms with van der Waals surface area (Å²) in [6.07, 6.45) is 7.23. The SMILES string of the molecule is CN(C)c1cc([C@@H]2CCCN(C(=O)COc3cccnc3)C2)ccn1. The minimum Gasteiger partial charge on any atom is -0.482 e. The van der Waals surface area contributed by atoms with Crippen LogP contribution in [-0.2, 0) is 4.79 Å². The van der Waals surface area contributed by atoms with Gasteiger partial charge in [0.05, 0.1) is 6.20 Å². The van der Waals surface area contributed by atoms with Crippen molar-refractivity contribution in [1.29, 1.82) is 0 Å². The van der Waals surface area contributed by atoms with Crippen molar-refractivity contribution < 1.29 is 9.53 Å². The molecule has 1 atom stereocenters. The number of rotatable bonds is 5. The second-order valence-electron chi connectivity index (χ2n) is 6.50. The normalized spacial score (nSPS) is 17.2. The maximum absolute atomic E-state index is 12.5. The van der Waals surface area contributed by atoms with Crippen molar-refractivity contribution in [2.45, 2.75) is 18.8 Å². The van der Waals surface area contributed by atoms with Gasteiger partial charge in [0.25, 0.3) is 5.91 Å². The Bertz CT molecular complexity index is 706. The highest BCUT2D eigenvalue weighted by Crippen LogP contribution is 2.28.